The van der Waals surface area contributed by atoms with Gasteiger partial charge in [0.15, 0.2) is 0 Å². The van der Waals surface area contributed by atoms with E-state index in [4.69, 9.17) is 0 Å². The van der Waals surface area contributed by atoms with E-state index in [1.54, 1.807) is 0 Å². The van der Waals surface area contributed by atoms with Crippen molar-refractivity contribution in [2.75, 3.05) is 38.6 Å². The minimum absolute atomic E-state index is 0.141. The molecule has 1 amide bonds. The summed E-state index contributed by atoms with van der Waals surface area (Å²) in [4.78, 5) is 16.5. The standard InChI is InChI=1S/C16H25N3O/c1-12(2)15-11-19(10-9-17-15)16(20)13-5-7-14(8-6-13)18(3)4/h5-8,12,15,17H,9-11H2,1-4H3. The minimum atomic E-state index is 0.141. The Kier molecular flexibility index (Phi) is 4.65. The Morgan fingerprint density at radius 1 is 1.30 bits per heavy atom. The van der Waals surface area contributed by atoms with Gasteiger partial charge in [-0.2, -0.15) is 0 Å². The van der Waals surface area contributed by atoms with Gasteiger partial charge in [-0.25, -0.2) is 0 Å². The average Bonchev–Trinajstić information content (AvgIpc) is 2.46. The van der Waals surface area contributed by atoms with Crippen LogP contribution < -0.4 is 10.2 Å². The first-order valence-corrected chi connectivity index (χ1v) is 7.29. The molecule has 4 heteroatoms. The highest BCUT2D eigenvalue weighted by molar-refractivity contribution is 5.94. The molecule has 0 spiro atoms. The molecule has 1 fully saturated rings. The monoisotopic (exact) mass is 275 g/mol. The summed E-state index contributed by atoms with van der Waals surface area (Å²) < 4.78 is 0. The van der Waals surface area contributed by atoms with Gasteiger partial charge in [-0.15, -0.1) is 0 Å². The second-order valence-electron chi connectivity index (χ2n) is 6.00. The molecule has 0 radical (unpaired) electrons. The fraction of sp³-hybridized carbons (Fsp3) is 0.562. The Morgan fingerprint density at radius 3 is 2.50 bits per heavy atom. The Hall–Kier alpha value is -1.55. The molecule has 1 aromatic rings. The lowest BCUT2D eigenvalue weighted by Crippen LogP contribution is -2.54. The molecule has 0 aliphatic carbocycles. The summed E-state index contributed by atoms with van der Waals surface area (Å²) >= 11 is 0. The number of amides is 1. The third kappa shape index (κ3) is 3.31. The molecular formula is C16H25N3O. The molecule has 4 nitrogen and oxygen atoms in total. The molecule has 1 aromatic carbocycles. The van der Waals surface area contributed by atoms with Crippen LogP contribution in [0.3, 0.4) is 0 Å². The molecule has 1 N–H and O–H groups in total. The summed E-state index contributed by atoms with van der Waals surface area (Å²) in [5.74, 6) is 0.684. The highest BCUT2D eigenvalue weighted by Gasteiger charge is 2.25. The van der Waals surface area contributed by atoms with Crippen LogP contribution in [0.1, 0.15) is 24.2 Å². The van der Waals surface area contributed by atoms with Gasteiger partial charge in [-0.3, -0.25) is 4.79 Å². The van der Waals surface area contributed by atoms with E-state index in [1.807, 2.05) is 48.2 Å². The third-order valence-electron chi connectivity index (χ3n) is 3.93. The second kappa shape index (κ2) is 6.27. The van der Waals surface area contributed by atoms with Crippen LogP contribution in [0.2, 0.25) is 0 Å². The van der Waals surface area contributed by atoms with Crippen molar-refractivity contribution in [1.82, 2.24) is 10.2 Å². The van der Waals surface area contributed by atoms with E-state index in [2.05, 4.69) is 19.2 Å². The van der Waals surface area contributed by atoms with E-state index in [0.29, 0.717) is 12.0 Å². The number of nitrogens with zero attached hydrogens (tertiary/aromatic N) is 2. The van der Waals surface area contributed by atoms with Crippen LogP contribution in [0.25, 0.3) is 0 Å². The molecular weight excluding hydrogens is 250 g/mol. The van der Waals surface area contributed by atoms with Crippen molar-refractivity contribution < 1.29 is 4.79 Å². The topological polar surface area (TPSA) is 35.6 Å². The molecule has 0 aromatic heterocycles. The second-order valence-corrected chi connectivity index (χ2v) is 6.00. The maximum absolute atomic E-state index is 12.5. The molecule has 20 heavy (non-hydrogen) atoms. The number of carbonyl (C=O) groups excluding carboxylic acids is 1. The number of anilines is 1. The summed E-state index contributed by atoms with van der Waals surface area (Å²) in [6.45, 7) is 6.85. The van der Waals surface area contributed by atoms with Gasteiger partial charge in [0.05, 0.1) is 0 Å². The average molecular weight is 275 g/mol. The summed E-state index contributed by atoms with van der Waals surface area (Å²) in [6, 6.07) is 8.23. The molecule has 110 valence electrons. The quantitative estimate of drug-likeness (QED) is 0.914. The number of piperazine rings is 1. The van der Waals surface area contributed by atoms with Crippen LogP contribution in [0.15, 0.2) is 24.3 Å². The van der Waals surface area contributed by atoms with E-state index in [9.17, 15) is 4.79 Å². The van der Waals surface area contributed by atoms with Gasteiger partial charge >= 0.3 is 0 Å². The summed E-state index contributed by atoms with van der Waals surface area (Å²) in [5.41, 5.74) is 1.89. The predicted octanol–water partition coefficient (Wildman–Crippen LogP) is 1.82. The van der Waals surface area contributed by atoms with Gasteiger partial charge in [-0.1, -0.05) is 13.8 Å². The predicted molar refractivity (Wildman–Crippen MR) is 83.3 cm³/mol. The Labute approximate surface area is 121 Å². The molecule has 1 unspecified atom stereocenters. The zero-order chi connectivity index (χ0) is 14.7. The normalized spacial score (nSPS) is 19.2. The van der Waals surface area contributed by atoms with E-state index >= 15 is 0 Å². The number of nitrogens with one attached hydrogen (secondary N) is 1. The van der Waals surface area contributed by atoms with Crippen LogP contribution in [0.4, 0.5) is 5.69 Å². The lowest BCUT2D eigenvalue weighted by Gasteiger charge is -2.35. The van der Waals surface area contributed by atoms with Crippen LogP contribution in [0.5, 0.6) is 0 Å². The molecule has 1 aliphatic heterocycles. The highest BCUT2D eigenvalue weighted by atomic mass is 16.2. The van der Waals surface area contributed by atoms with Gasteiger partial charge in [0, 0.05) is 51.0 Å². The van der Waals surface area contributed by atoms with Crippen LogP contribution in [0, 0.1) is 5.92 Å². The Bertz CT molecular complexity index is 453. The number of hydrogen-bond acceptors (Lipinski definition) is 3. The SMILES string of the molecule is CC(C)C1CN(C(=O)c2ccc(N(C)C)cc2)CCN1. The fourth-order valence-electron chi connectivity index (χ4n) is 2.49. The Morgan fingerprint density at radius 2 is 1.95 bits per heavy atom. The maximum atomic E-state index is 12.5. The van der Waals surface area contributed by atoms with Gasteiger partial charge in [0.2, 0.25) is 0 Å². The molecule has 0 bridgehead atoms. The van der Waals surface area contributed by atoms with Crippen molar-refractivity contribution in [3.05, 3.63) is 29.8 Å². The molecule has 2 rings (SSSR count). The van der Waals surface area contributed by atoms with Crippen molar-refractivity contribution in [3.63, 3.8) is 0 Å². The Balaban J connectivity index is 2.06. The zero-order valence-electron chi connectivity index (χ0n) is 12.9. The van der Waals surface area contributed by atoms with Crippen molar-refractivity contribution >= 4 is 11.6 Å². The number of benzene rings is 1. The summed E-state index contributed by atoms with van der Waals surface area (Å²) in [5, 5.41) is 3.48. The first-order chi connectivity index (χ1) is 9.49. The van der Waals surface area contributed by atoms with Gasteiger partial charge in [0.25, 0.3) is 5.91 Å². The lowest BCUT2D eigenvalue weighted by atomic mass is 10.0. The van der Waals surface area contributed by atoms with E-state index in [-0.39, 0.29) is 5.91 Å². The van der Waals surface area contributed by atoms with E-state index in [0.717, 1.165) is 30.9 Å². The molecule has 0 saturated carbocycles. The largest absolute Gasteiger partial charge is 0.378 e. The van der Waals surface area contributed by atoms with Crippen molar-refractivity contribution in [1.29, 1.82) is 0 Å². The van der Waals surface area contributed by atoms with E-state index < -0.39 is 0 Å². The van der Waals surface area contributed by atoms with Gasteiger partial charge in [-0.05, 0) is 30.2 Å². The van der Waals surface area contributed by atoms with Gasteiger partial charge in [0.1, 0.15) is 0 Å². The smallest absolute Gasteiger partial charge is 0.253 e. The highest BCUT2D eigenvalue weighted by Crippen LogP contribution is 2.16. The van der Waals surface area contributed by atoms with Gasteiger partial charge < -0.3 is 15.1 Å². The first-order valence-electron chi connectivity index (χ1n) is 7.29. The lowest BCUT2D eigenvalue weighted by molar-refractivity contribution is 0.0684. The third-order valence-corrected chi connectivity index (χ3v) is 3.93. The van der Waals surface area contributed by atoms with Crippen LogP contribution >= 0.6 is 0 Å². The molecule has 1 aliphatic rings. The summed E-state index contributed by atoms with van der Waals surface area (Å²) in [6.07, 6.45) is 0. The van der Waals surface area contributed by atoms with Crippen molar-refractivity contribution in [2.24, 2.45) is 5.92 Å². The number of hydrogen-bond donors (Lipinski definition) is 1. The zero-order valence-corrected chi connectivity index (χ0v) is 12.9. The summed E-state index contributed by atoms with van der Waals surface area (Å²) in [7, 11) is 4.00. The minimum Gasteiger partial charge on any atom is -0.378 e. The van der Waals surface area contributed by atoms with E-state index in [1.165, 1.54) is 0 Å². The first kappa shape index (κ1) is 14.9. The molecule has 1 atom stereocenters. The fourth-order valence-corrected chi connectivity index (χ4v) is 2.49. The van der Waals surface area contributed by atoms with Crippen LogP contribution in [-0.4, -0.2) is 50.6 Å². The van der Waals surface area contributed by atoms with Crippen molar-refractivity contribution in [3.8, 4) is 0 Å². The molecule has 1 heterocycles. The number of rotatable bonds is 3. The number of carbonyl (C=O) groups is 1. The van der Waals surface area contributed by atoms with Crippen LogP contribution in [-0.2, 0) is 0 Å². The molecule has 1 saturated heterocycles. The maximum Gasteiger partial charge on any atom is 0.253 e. The van der Waals surface area contributed by atoms with Crippen molar-refractivity contribution in [2.45, 2.75) is 19.9 Å².